The molecule has 1 N–H and O–H groups in total. The fraction of sp³-hybridized carbons (Fsp3) is 0.100. The highest BCUT2D eigenvalue weighted by atomic mass is 19.1. The smallest absolute Gasteiger partial charge is 0.178 e. The van der Waals surface area contributed by atoms with E-state index in [-0.39, 0.29) is 12.4 Å². The molecule has 2 aromatic carbocycles. The van der Waals surface area contributed by atoms with Crippen molar-refractivity contribution in [2.45, 2.75) is 13.5 Å². The lowest BCUT2D eigenvalue weighted by Gasteiger charge is -2.09. The summed E-state index contributed by atoms with van der Waals surface area (Å²) in [7, 11) is 0. The van der Waals surface area contributed by atoms with Crippen molar-refractivity contribution in [2.24, 2.45) is 0 Å². The van der Waals surface area contributed by atoms with E-state index in [0.29, 0.717) is 17.0 Å². The van der Waals surface area contributed by atoms with E-state index in [2.05, 4.69) is 15.0 Å². The van der Waals surface area contributed by atoms with Crippen LogP contribution in [0.3, 0.4) is 0 Å². The molecule has 0 unspecified atom stereocenters. The van der Waals surface area contributed by atoms with Crippen LogP contribution in [-0.2, 0) is 6.61 Å². The Labute approximate surface area is 144 Å². The Morgan fingerprint density at radius 1 is 1.08 bits per heavy atom. The Balaban J connectivity index is 1.63. The summed E-state index contributed by atoms with van der Waals surface area (Å²) in [6.45, 7) is 2.16. The van der Waals surface area contributed by atoms with Crippen LogP contribution in [0.2, 0.25) is 0 Å². The molecule has 0 saturated heterocycles. The Hall–Kier alpha value is -3.21. The van der Waals surface area contributed by atoms with Crippen molar-refractivity contribution in [3.8, 4) is 17.1 Å². The number of ether oxygens (including phenoxy) is 1. The number of fused-ring (bicyclic) bond motifs is 1. The van der Waals surface area contributed by atoms with Gasteiger partial charge in [-0.15, -0.1) is 0 Å². The number of H-pyrrole nitrogens is 1. The van der Waals surface area contributed by atoms with Gasteiger partial charge in [0.25, 0.3) is 0 Å². The molecule has 4 rings (SSSR count). The van der Waals surface area contributed by atoms with Crippen LogP contribution in [0.25, 0.3) is 22.6 Å². The molecule has 0 bridgehead atoms. The number of aromatic amines is 1. The molecule has 0 amide bonds. The minimum Gasteiger partial charge on any atom is -0.489 e. The van der Waals surface area contributed by atoms with Crippen LogP contribution < -0.4 is 4.74 Å². The Morgan fingerprint density at radius 2 is 1.96 bits per heavy atom. The monoisotopic (exact) mass is 333 g/mol. The number of nitrogens with one attached hydrogen (secondary N) is 1. The van der Waals surface area contributed by atoms with Gasteiger partial charge in [-0.3, -0.25) is 0 Å². The van der Waals surface area contributed by atoms with Gasteiger partial charge in [-0.2, -0.15) is 0 Å². The number of pyridine rings is 1. The Morgan fingerprint density at radius 3 is 2.80 bits per heavy atom. The molecule has 0 radical (unpaired) electrons. The lowest BCUT2D eigenvalue weighted by atomic mass is 10.1. The third-order valence-corrected chi connectivity index (χ3v) is 3.93. The first kappa shape index (κ1) is 15.3. The molecule has 124 valence electrons. The maximum Gasteiger partial charge on any atom is 0.178 e. The van der Waals surface area contributed by atoms with E-state index in [1.54, 1.807) is 24.4 Å². The number of rotatable bonds is 4. The highest BCUT2D eigenvalue weighted by Gasteiger charge is 2.09. The van der Waals surface area contributed by atoms with Crippen molar-refractivity contribution >= 4 is 11.2 Å². The number of hydrogen-bond donors (Lipinski definition) is 1. The van der Waals surface area contributed by atoms with Gasteiger partial charge < -0.3 is 9.72 Å². The second-order valence-electron chi connectivity index (χ2n) is 5.87. The zero-order valence-corrected chi connectivity index (χ0v) is 13.7. The van der Waals surface area contributed by atoms with E-state index in [4.69, 9.17) is 4.74 Å². The molecular weight excluding hydrogens is 317 g/mol. The number of benzene rings is 2. The summed E-state index contributed by atoms with van der Waals surface area (Å²) in [6, 6.07) is 16.3. The zero-order valence-electron chi connectivity index (χ0n) is 13.7. The number of nitrogens with zero attached hydrogens (tertiary/aromatic N) is 2. The van der Waals surface area contributed by atoms with Gasteiger partial charge in [0, 0.05) is 17.3 Å². The Bertz CT molecular complexity index is 1010. The van der Waals surface area contributed by atoms with Crippen LogP contribution in [0, 0.1) is 12.7 Å². The van der Waals surface area contributed by atoms with Gasteiger partial charge in [0.2, 0.25) is 0 Å². The number of halogens is 1. The molecular formula is C20H16FN3O. The maximum absolute atomic E-state index is 13.7. The van der Waals surface area contributed by atoms with Crippen molar-refractivity contribution < 1.29 is 9.13 Å². The number of aromatic nitrogens is 3. The third-order valence-electron chi connectivity index (χ3n) is 3.93. The van der Waals surface area contributed by atoms with Gasteiger partial charge in [-0.25, -0.2) is 14.4 Å². The molecule has 0 aliphatic rings. The van der Waals surface area contributed by atoms with E-state index < -0.39 is 0 Å². The number of imidazole rings is 1. The summed E-state index contributed by atoms with van der Waals surface area (Å²) in [5.41, 5.74) is 4.02. The maximum atomic E-state index is 13.7. The molecule has 2 heterocycles. The van der Waals surface area contributed by atoms with Gasteiger partial charge >= 0.3 is 0 Å². The molecule has 4 nitrogen and oxygen atoms in total. The van der Waals surface area contributed by atoms with Gasteiger partial charge in [0.1, 0.15) is 24.0 Å². The van der Waals surface area contributed by atoms with Crippen LogP contribution in [0.1, 0.15) is 11.1 Å². The highest BCUT2D eigenvalue weighted by molar-refractivity contribution is 5.76. The van der Waals surface area contributed by atoms with Crippen LogP contribution in [-0.4, -0.2) is 15.0 Å². The third kappa shape index (κ3) is 3.21. The summed E-state index contributed by atoms with van der Waals surface area (Å²) in [5, 5.41) is 0. The molecule has 0 saturated carbocycles. The average Bonchev–Trinajstić information content (AvgIpc) is 3.05. The summed E-state index contributed by atoms with van der Waals surface area (Å²) >= 11 is 0. The van der Waals surface area contributed by atoms with Crippen molar-refractivity contribution in [3.63, 3.8) is 0 Å². The summed E-state index contributed by atoms with van der Waals surface area (Å²) in [6.07, 6.45) is 1.71. The molecule has 2 aromatic heterocycles. The molecule has 5 heteroatoms. The fourth-order valence-corrected chi connectivity index (χ4v) is 2.73. The quantitative estimate of drug-likeness (QED) is 0.591. The molecule has 0 aliphatic heterocycles. The van der Waals surface area contributed by atoms with Crippen molar-refractivity contribution in [3.05, 3.63) is 77.7 Å². The van der Waals surface area contributed by atoms with E-state index in [1.165, 1.54) is 6.07 Å². The van der Waals surface area contributed by atoms with Crippen LogP contribution >= 0.6 is 0 Å². The van der Waals surface area contributed by atoms with Crippen LogP contribution in [0.4, 0.5) is 4.39 Å². The number of hydrogen-bond acceptors (Lipinski definition) is 3. The second kappa shape index (κ2) is 6.36. The van der Waals surface area contributed by atoms with E-state index in [9.17, 15) is 4.39 Å². The van der Waals surface area contributed by atoms with Crippen LogP contribution in [0.5, 0.6) is 5.75 Å². The van der Waals surface area contributed by atoms with Crippen molar-refractivity contribution in [2.75, 3.05) is 0 Å². The lowest BCUT2D eigenvalue weighted by Crippen LogP contribution is -1.98. The topological polar surface area (TPSA) is 50.8 Å². The Kier molecular flexibility index (Phi) is 3.90. The predicted octanol–water partition coefficient (Wildman–Crippen LogP) is 4.65. The molecule has 25 heavy (non-hydrogen) atoms. The van der Waals surface area contributed by atoms with Gasteiger partial charge in [-0.05, 0) is 48.9 Å². The molecule has 4 aromatic rings. The zero-order chi connectivity index (χ0) is 17.2. The first-order valence-corrected chi connectivity index (χ1v) is 7.98. The summed E-state index contributed by atoms with van der Waals surface area (Å²) in [4.78, 5) is 12.0. The predicted molar refractivity (Wildman–Crippen MR) is 94.8 cm³/mol. The molecule has 0 atom stereocenters. The minimum atomic E-state index is -0.265. The summed E-state index contributed by atoms with van der Waals surface area (Å²) in [5.74, 6) is 1.14. The molecule has 0 fully saturated rings. The first-order valence-electron chi connectivity index (χ1n) is 7.98. The first-order chi connectivity index (χ1) is 12.2. The highest BCUT2D eigenvalue weighted by Crippen LogP contribution is 2.26. The van der Waals surface area contributed by atoms with Crippen molar-refractivity contribution in [1.29, 1.82) is 0 Å². The van der Waals surface area contributed by atoms with Gasteiger partial charge in [0.15, 0.2) is 5.65 Å². The van der Waals surface area contributed by atoms with E-state index in [1.807, 2.05) is 37.3 Å². The van der Waals surface area contributed by atoms with E-state index in [0.717, 1.165) is 22.5 Å². The van der Waals surface area contributed by atoms with E-state index >= 15 is 0 Å². The standard InChI is InChI=1S/C20H16FN3O/c1-13-9-15(19-23-18-7-4-8-22-20(18)24-19)11-16(10-13)25-12-14-5-2-3-6-17(14)21/h2-11H,12H2,1H3,(H,22,23,24). The minimum absolute atomic E-state index is 0.178. The number of aryl methyl sites for hydroxylation is 1. The normalized spacial score (nSPS) is 11.0. The molecule has 0 aliphatic carbocycles. The van der Waals surface area contributed by atoms with Crippen molar-refractivity contribution in [1.82, 2.24) is 15.0 Å². The average molecular weight is 333 g/mol. The molecule has 0 spiro atoms. The SMILES string of the molecule is Cc1cc(OCc2ccccc2F)cc(-c2nc3ncccc3[nH]2)c1. The van der Waals surface area contributed by atoms with Crippen LogP contribution in [0.15, 0.2) is 60.8 Å². The largest absolute Gasteiger partial charge is 0.489 e. The van der Waals surface area contributed by atoms with Gasteiger partial charge in [-0.1, -0.05) is 18.2 Å². The second-order valence-corrected chi connectivity index (χ2v) is 5.87. The lowest BCUT2D eigenvalue weighted by molar-refractivity contribution is 0.300. The summed E-state index contributed by atoms with van der Waals surface area (Å²) < 4.78 is 19.5. The fourth-order valence-electron chi connectivity index (χ4n) is 2.73. The van der Waals surface area contributed by atoms with Gasteiger partial charge in [0.05, 0.1) is 5.52 Å².